The lowest BCUT2D eigenvalue weighted by molar-refractivity contribution is 0.373. The second-order valence-corrected chi connectivity index (χ2v) is 13.5. The highest BCUT2D eigenvalue weighted by atomic mass is 16.5. The van der Waals surface area contributed by atoms with E-state index in [0.717, 1.165) is 40.2 Å². The molecule has 3 N–H and O–H groups in total. The molecule has 6 heteroatoms. The summed E-state index contributed by atoms with van der Waals surface area (Å²) in [5, 5.41) is 28.1. The fourth-order valence-electron chi connectivity index (χ4n) is 4.96. The summed E-state index contributed by atoms with van der Waals surface area (Å²) in [6.45, 7) is 19.9. The molecule has 0 heterocycles. The van der Waals surface area contributed by atoms with E-state index in [1.165, 1.54) is 23.8 Å². The normalized spacial score (nSPS) is 10.2. The van der Waals surface area contributed by atoms with Crippen LogP contribution < -0.4 is 14.2 Å². The summed E-state index contributed by atoms with van der Waals surface area (Å²) in [7, 11) is 4.88. The van der Waals surface area contributed by atoms with Crippen molar-refractivity contribution in [3.8, 4) is 34.5 Å². The number of hydrogen-bond acceptors (Lipinski definition) is 6. The zero-order chi connectivity index (χ0) is 42.0. The first-order chi connectivity index (χ1) is 26.7. The quantitative estimate of drug-likeness (QED) is 0.130. The smallest absolute Gasteiger partial charge is 0.160 e. The van der Waals surface area contributed by atoms with Gasteiger partial charge in [-0.15, -0.1) is 6.58 Å². The average Bonchev–Trinajstić information content (AvgIpc) is 3.18. The van der Waals surface area contributed by atoms with Crippen LogP contribution in [-0.2, 0) is 6.42 Å². The van der Waals surface area contributed by atoms with Crippen LogP contribution in [0.1, 0.15) is 92.3 Å². The lowest BCUT2D eigenvalue weighted by Gasteiger charge is -2.07. The summed E-state index contributed by atoms with van der Waals surface area (Å²) >= 11 is 0. The van der Waals surface area contributed by atoms with Crippen molar-refractivity contribution >= 4 is 12.2 Å². The van der Waals surface area contributed by atoms with Gasteiger partial charge in [0, 0.05) is 0 Å². The molecule has 0 aliphatic rings. The monoisotopic (exact) mass is 760 g/mol. The van der Waals surface area contributed by atoms with Gasteiger partial charge < -0.3 is 29.5 Å². The van der Waals surface area contributed by atoms with Gasteiger partial charge in [0.1, 0.15) is 23.0 Å². The minimum Gasteiger partial charge on any atom is -0.508 e. The molecule has 0 atom stereocenters. The highest BCUT2D eigenvalue weighted by Crippen LogP contribution is 2.27. The number of aromatic hydroxyl groups is 3. The SMILES string of the molecule is C/C=C/c1ccc(OC)cc1.C/C=C\c1ccc(OC)cc1.C=CCc1ccc(O)c(OC)c1.Cc1ccc(C(C)C)c(O)c1.Cc1ccc(C(C)C)cc1O. The Labute approximate surface area is 337 Å². The summed E-state index contributed by atoms with van der Waals surface area (Å²) in [6.07, 6.45) is 10.7. The minimum atomic E-state index is 0.172. The van der Waals surface area contributed by atoms with Gasteiger partial charge in [0.05, 0.1) is 21.3 Å². The third-order valence-electron chi connectivity index (χ3n) is 8.28. The Morgan fingerprint density at radius 1 is 0.571 bits per heavy atom. The van der Waals surface area contributed by atoms with E-state index in [9.17, 15) is 15.3 Å². The highest BCUT2D eigenvalue weighted by Gasteiger charge is 2.04. The summed E-state index contributed by atoms with van der Waals surface area (Å²) in [6, 6.07) is 32.8. The molecule has 0 saturated carbocycles. The molecule has 0 saturated heterocycles. The fourth-order valence-corrected chi connectivity index (χ4v) is 4.96. The topological polar surface area (TPSA) is 88.4 Å². The number of rotatable bonds is 9. The van der Waals surface area contributed by atoms with E-state index in [1.54, 1.807) is 32.4 Å². The van der Waals surface area contributed by atoms with Gasteiger partial charge in [-0.05, 0) is 133 Å². The molecule has 0 unspecified atom stereocenters. The summed E-state index contributed by atoms with van der Waals surface area (Å²) < 4.78 is 15.0. The zero-order valence-corrected chi connectivity index (χ0v) is 35.3. The Morgan fingerprint density at radius 3 is 1.50 bits per heavy atom. The molecule has 300 valence electrons. The first-order valence-corrected chi connectivity index (χ1v) is 18.8. The van der Waals surface area contributed by atoms with Crippen molar-refractivity contribution in [3.05, 3.63) is 167 Å². The van der Waals surface area contributed by atoms with Gasteiger partial charge in [-0.2, -0.15) is 0 Å². The van der Waals surface area contributed by atoms with E-state index in [2.05, 4.69) is 52.5 Å². The number of benzene rings is 5. The van der Waals surface area contributed by atoms with Gasteiger partial charge in [0.15, 0.2) is 11.5 Å². The maximum absolute atomic E-state index is 9.46. The number of allylic oxidation sites excluding steroid dienone is 3. The maximum atomic E-state index is 9.46. The maximum Gasteiger partial charge on any atom is 0.160 e. The standard InChI is InChI=1S/C10H12O2.2C10H14O.2C10H12O/c1-3-4-8-5-6-9(11)10(7-8)12-2;1-7(2)9-5-4-8(3)10(11)6-9;1-7(2)9-5-4-8(3)6-10(9)11;2*1-3-4-9-5-7-10(11-2)8-6-9/h3,5-7,11H,1,4H2,2H3;2*4-7,11H,1-3H3;2*3-8H,1-2H3/b;;;4-3+;4-3-. The van der Waals surface area contributed by atoms with Crippen molar-refractivity contribution < 1.29 is 29.5 Å². The fraction of sp³-hybridized carbons (Fsp3) is 0.280. The Hall–Kier alpha value is -5.88. The van der Waals surface area contributed by atoms with Crippen LogP contribution in [0.15, 0.2) is 128 Å². The van der Waals surface area contributed by atoms with Crippen LogP contribution >= 0.6 is 0 Å². The molecule has 0 radical (unpaired) electrons. The number of ether oxygens (including phenoxy) is 3. The molecule has 0 spiro atoms. The molecule has 6 nitrogen and oxygen atoms in total. The van der Waals surface area contributed by atoms with Crippen LogP contribution in [0, 0.1) is 13.8 Å². The minimum absolute atomic E-state index is 0.172. The summed E-state index contributed by atoms with van der Waals surface area (Å²) in [5.41, 5.74) is 7.74. The number of methoxy groups -OCH3 is 3. The van der Waals surface area contributed by atoms with Crippen molar-refractivity contribution in [1.82, 2.24) is 0 Å². The predicted molar refractivity (Wildman–Crippen MR) is 238 cm³/mol. The van der Waals surface area contributed by atoms with Gasteiger partial charge in [-0.1, -0.05) is 113 Å². The Bertz CT molecular complexity index is 1850. The van der Waals surface area contributed by atoms with E-state index in [1.807, 2.05) is 125 Å². The predicted octanol–water partition coefficient (Wildman–Crippen LogP) is 13.2. The largest absolute Gasteiger partial charge is 0.508 e. The van der Waals surface area contributed by atoms with Gasteiger partial charge in [0.2, 0.25) is 0 Å². The first kappa shape index (κ1) is 48.1. The van der Waals surface area contributed by atoms with Crippen LogP contribution in [0.25, 0.3) is 12.2 Å². The molecule has 56 heavy (non-hydrogen) atoms. The average molecular weight is 761 g/mol. The molecule has 5 aromatic rings. The van der Waals surface area contributed by atoms with Crippen molar-refractivity contribution in [2.75, 3.05) is 21.3 Å². The van der Waals surface area contributed by atoms with E-state index in [0.29, 0.717) is 29.1 Å². The van der Waals surface area contributed by atoms with Crippen molar-refractivity contribution in [2.24, 2.45) is 0 Å². The summed E-state index contributed by atoms with van der Waals surface area (Å²) in [5.74, 6) is 4.18. The van der Waals surface area contributed by atoms with Crippen LogP contribution in [-0.4, -0.2) is 36.6 Å². The molecule has 5 aromatic carbocycles. The number of aryl methyl sites for hydroxylation is 2. The molecule has 0 amide bonds. The number of phenols is 3. The Kier molecular flexibility index (Phi) is 23.1. The van der Waals surface area contributed by atoms with E-state index >= 15 is 0 Å². The van der Waals surface area contributed by atoms with Crippen LogP contribution in [0.4, 0.5) is 0 Å². The molecule has 5 rings (SSSR count). The number of phenolic OH excluding ortho intramolecular Hbond substituents is 3. The van der Waals surface area contributed by atoms with Crippen LogP contribution in [0.2, 0.25) is 0 Å². The molecule has 0 bridgehead atoms. The molecular weight excluding hydrogens is 697 g/mol. The molecular formula is C50H64O6. The Balaban J connectivity index is 0.000000350. The third-order valence-corrected chi connectivity index (χ3v) is 8.28. The van der Waals surface area contributed by atoms with E-state index in [4.69, 9.17) is 14.2 Å². The second kappa shape index (κ2) is 26.8. The Morgan fingerprint density at radius 2 is 1.11 bits per heavy atom. The summed E-state index contributed by atoms with van der Waals surface area (Å²) in [4.78, 5) is 0. The van der Waals surface area contributed by atoms with Crippen molar-refractivity contribution in [2.45, 2.75) is 73.6 Å². The zero-order valence-electron chi connectivity index (χ0n) is 35.3. The number of hydrogen-bond donors (Lipinski definition) is 3. The first-order valence-electron chi connectivity index (χ1n) is 18.8. The van der Waals surface area contributed by atoms with Crippen LogP contribution in [0.3, 0.4) is 0 Å². The van der Waals surface area contributed by atoms with Crippen molar-refractivity contribution in [3.63, 3.8) is 0 Å². The molecule has 0 aliphatic heterocycles. The molecule has 0 fully saturated rings. The lowest BCUT2D eigenvalue weighted by Crippen LogP contribution is -1.87. The lowest BCUT2D eigenvalue weighted by atomic mass is 10.0. The second-order valence-electron chi connectivity index (χ2n) is 13.5. The van der Waals surface area contributed by atoms with Crippen LogP contribution in [0.5, 0.6) is 34.5 Å². The van der Waals surface area contributed by atoms with Crippen molar-refractivity contribution in [1.29, 1.82) is 0 Å². The van der Waals surface area contributed by atoms with E-state index in [-0.39, 0.29) is 5.75 Å². The third kappa shape index (κ3) is 18.4. The van der Waals surface area contributed by atoms with Gasteiger partial charge in [0.25, 0.3) is 0 Å². The molecule has 0 aliphatic carbocycles. The van der Waals surface area contributed by atoms with Gasteiger partial charge in [-0.25, -0.2) is 0 Å². The highest BCUT2D eigenvalue weighted by molar-refractivity contribution is 5.51. The molecule has 0 aromatic heterocycles. The van der Waals surface area contributed by atoms with Gasteiger partial charge in [-0.3, -0.25) is 0 Å². The van der Waals surface area contributed by atoms with Gasteiger partial charge >= 0.3 is 0 Å². The van der Waals surface area contributed by atoms with E-state index < -0.39 is 0 Å².